The van der Waals surface area contributed by atoms with Gasteiger partial charge in [-0.25, -0.2) is 4.79 Å². The van der Waals surface area contributed by atoms with E-state index in [9.17, 15) is 4.79 Å². The van der Waals surface area contributed by atoms with Crippen LogP contribution in [0.15, 0.2) is 18.2 Å². The molecule has 0 radical (unpaired) electrons. The number of carboxylic acid groups (broad SMARTS) is 1. The quantitative estimate of drug-likeness (QED) is 0.850. The molecular weight excluding hydrogens is 220 g/mol. The van der Waals surface area contributed by atoms with Crippen molar-refractivity contribution in [2.45, 2.75) is 25.4 Å². The third kappa shape index (κ3) is 1.84. The van der Waals surface area contributed by atoms with Gasteiger partial charge in [-0.1, -0.05) is 0 Å². The van der Waals surface area contributed by atoms with Gasteiger partial charge in [0.2, 0.25) is 5.88 Å². The topological polar surface area (TPSA) is 75.2 Å². The zero-order valence-corrected chi connectivity index (χ0v) is 9.14. The van der Waals surface area contributed by atoms with Crippen molar-refractivity contribution in [2.24, 2.45) is 0 Å². The van der Waals surface area contributed by atoms with Gasteiger partial charge in [0, 0.05) is 11.5 Å². The number of carboxylic acids is 1. The van der Waals surface area contributed by atoms with Crippen LogP contribution in [-0.2, 0) is 0 Å². The molecule has 3 rings (SSSR count). The monoisotopic (exact) mass is 232 g/mol. The summed E-state index contributed by atoms with van der Waals surface area (Å²) in [5.41, 5.74) is 0.701. The maximum Gasteiger partial charge on any atom is 0.352 e. The SMILES string of the molecule is O=C(O)c1cc2ccc(OC3CCC3)nc2[nH]1. The molecule has 1 saturated carbocycles. The third-order valence-corrected chi connectivity index (χ3v) is 3.02. The van der Waals surface area contributed by atoms with Crippen LogP contribution in [0, 0.1) is 0 Å². The Bertz CT molecular complexity index is 572. The molecule has 17 heavy (non-hydrogen) atoms. The molecule has 0 atom stereocenters. The Morgan fingerprint density at radius 2 is 2.29 bits per heavy atom. The lowest BCUT2D eigenvalue weighted by atomic mass is 9.96. The molecule has 0 unspecified atom stereocenters. The average Bonchev–Trinajstić information content (AvgIpc) is 2.66. The molecule has 0 bridgehead atoms. The highest BCUT2D eigenvalue weighted by Gasteiger charge is 2.19. The summed E-state index contributed by atoms with van der Waals surface area (Å²) in [5, 5.41) is 9.64. The largest absolute Gasteiger partial charge is 0.477 e. The molecule has 2 N–H and O–H groups in total. The molecule has 1 fully saturated rings. The van der Waals surface area contributed by atoms with E-state index in [-0.39, 0.29) is 11.8 Å². The van der Waals surface area contributed by atoms with Crippen molar-refractivity contribution >= 4 is 17.0 Å². The Hall–Kier alpha value is -2.04. The summed E-state index contributed by atoms with van der Waals surface area (Å²) in [5.74, 6) is -0.426. The van der Waals surface area contributed by atoms with Gasteiger partial charge in [0.05, 0.1) is 0 Å². The van der Waals surface area contributed by atoms with E-state index < -0.39 is 5.97 Å². The number of fused-ring (bicyclic) bond motifs is 1. The lowest BCUT2D eigenvalue weighted by Gasteiger charge is -2.25. The van der Waals surface area contributed by atoms with Crippen LogP contribution in [0.1, 0.15) is 29.8 Å². The Morgan fingerprint density at radius 3 is 2.94 bits per heavy atom. The molecule has 1 aliphatic rings. The molecule has 1 aliphatic carbocycles. The van der Waals surface area contributed by atoms with Crippen LogP contribution >= 0.6 is 0 Å². The Labute approximate surface area is 97.4 Å². The molecule has 0 aliphatic heterocycles. The molecule has 0 saturated heterocycles. The number of aromatic carboxylic acids is 1. The Morgan fingerprint density at radius 1 is 1.47 bits per heavy atom. The van der Waals surface area contributed by atoms with E-state index in [1.807, 2.05) is 6.07 Å². The third-order valence-electron chi connectivity index (χ3n) is 3.02. The molecule has 2 aromatic heterocycles. The summed E-state index contributed by atoms with van der Waals surface area (Å²) in [4.78, 5) is 17.8. The molecule has 0 spiro atoms. The van der Waals surface area contributed by atoms with Crippen LogP contribution in [0.3, 0.4) is 0 Å². The summed E-state index contributed by atoms with van der Waals surface area (Å²) in [6.45, 7) is 0. The van der Waals surface area contributed by atoms with Crippen molar-refractivity contribution in [3.8, 4) is 5.88 Å². The van der Waals surface area contributed by atoms with E-state index in [1.54, 1.807) is 12.1 Å². The predicted molar refractivity (Wildman–Crippen MR) is 61.3 cm³/mol. The summed E-state index contributed by atoms with van der Waals surface area (Å²) >= 11 is 0. The van der Waals surface area contributed by atoms with Crippen LogP contribution in [0.2, 0.25) is 0 Å². The van der Waals surface area contributed by atoms with Crippen LogP contribution in [0.4, 0.5) is 0 Å². The fourth-order valence-electron chi connectivity index (χ4n) is 1.83. The highest BCUT2D eigenvalue weighted by Crippen LogP contribution is 2.25. The number of nitrogens with one attached hydrogen (secondary N) is 1. The number of hydrogen-bond donors (Lipinski definition) is 2. The van der Waals surface area contributed by atoms with Crippen molar-refractivity contribution in [2.75, 3.05) is 0 Å². The number of nitrogens with zero attached hydrogens (tertiary/aromatic N) is 1. The zero-order valence-electron chi connectivity index (χ0n) is 9.14. The molecule has 5 nitrogen and oxygen atoms in total. The normalized spacial score (nSPS) is 15.8. The summed E-state index contributed by atoms with van der Waals surface area (Å²) in [7, 11) is 0. The van der Waals surface area contributed by atoms with Crippen LogP contribution in [-0.4, -0.2) is 27.1 Å². The maximum atomic E-state index is 10.8. The van der Waals surface area contributed by atoms with Gasteiger partial charge in [-0.2, -0.15) is 4.98 Å². The van der Waals surface area contributed by atoms with E-state index in [0.29, 0.717) is 11.5 Å². The van der Waals surface area contributed by atoms with Gasteiger partial charge in [0.15, 0.2) is 0 Å². The summed E-state index contributed by atoms with van der Waals surface area (Å²) in [6.07, 6.45) is 3.63. The van der Waals surface area contributed by atoms with Crippen molar-refractivity contribution in [1.29, 1.82) is 0 Å². The summed E-state index contributed by atoms with van der Waals surface area (Å²) in [6, 6.07) is 5.16. The lowest BCUT2D eigenvalue weighted by molar-refractivity contribution is 0.0691. The number of aromatic nitrogens is 2. The van der Waals surface area contributed by atoms with Gasteiger partial charge in [-0.15, -0.1) is 0 Å². The van der Waals surface area contributed by atoms with Gasteiger partial charge >= 0.3 is 5.97 Å². The number of aromatic amines is 1. The number of ether oxygens (including phenoxy) is 1. The van der Waals surface area contributed by atoms with Gasteiger partial charge in [-0.05, 0) is 31.4 Å². The zero-order chi connectivity index (χ0) is 11.8. The lowest BCUT2D eigenvalue weighted by Crippen LogP contribution is -2.24. The van der Waals surface area contributed by atoms with E-state index in [1.165, 1.54) is 6.42 Å². The molecule has 0 aromatic carbocycles. The van der Waals surface area contributed by atoms with Crippen molar-refractivity contribution in [3.63, 3.8) is 0 Å². The first-order valence-corrected chi connectivity index (χ1v) is 5.62. The van der Waals surface area contributed by atoms with Crippen LogP contribution < -0.4 is 4.74 Å². The first-order valence-electron chi connectivity index (χ1n) is 5.62. The van der Waals surface area contributed by atoms with Crippen LogP contribution in [0.25, 0.3) is 11.0 Å². The van der Waals surface area contributed by atoms with E-state index in [2.05, 4.69) is 9.97 Å². The van der Waals surface area contributed by atoms with Crippen molar-refractivity contribution in [3.05, 3.63) is 23.9 Å². The van der Waals surface area contributed by atoms with Gasteiger partial charge < -0.3 is 14.8 Å². The van der Waals surface area contributed by atoms with Crippen molar-refractivity contribution < 1.29 is 14.6 Å². The maximum absolute atomic E-state index is 10.8. The second-order valence-electron chi connectivity index (χ2n) is 4.25. The fraction of sp³-hybridized carbons (Fsp3) is 0.333. The first-order chi connectivity index (χ1) is 8.22. The second kappa shape index (κ2) is 3.76. The molecular formula is C12H12N2O3. The highest BCUT2D eigenvalue weighted by atomic mass is 16.5. The standard InChI is InChI=1S/C12H12N2O3/c15-12(16)9-6-7-4-5-10(14-11(7)13-9)17-8-2-1-3-8/h4-6,8H,1-3H2,(H,13,14)(H,15,16). The number of hydrogen-bond acceptors (Lipinski definition) is 3. The molecule has 2 aromatic rings. The highest BCUT2D eigenvalue weighted by molar-refractivity contribution is 5.92. The number of carbonyl (C=O) groups is 1. The number of rotatable bonds is 3. The second-order valence-corrected chi connectivity index (χ2v) is 4.25. The molecule has 2 heterocycles. The predicted octanol–water partition coefficient (Wildman–Crippen LogP) is 2.19. The minimum absolute atomic E-state index is 0.147. The first kappa shape index (κ1) is 10.1. The fourth-order valence-corrected chi connectivity index (χ4v) is 1.83. The molecule has 5 heteroatoms. The molecule has 88 valence electrons. The average molecular weight is 232 g/mol. The number of H-pyrrole nitrogens is 1. The minimum Gasteiger partial charge on any atom is -0.477 e. The molecule has 0 amide bonds. The van der Waals surface area contributed by atoms with E-state index >= 15 is 0 Å². The van der Waals surface area contributed by atoms with Gasteiger partial charge in [-0.3, -0.25) is 0 Å². The van der Waals surface area contributed by atoms with Gasteiger partial charge in [0.1, 0.15) is 17.4 Å². The Kier molecular flexibility index (Phi) is 2.24. The summed E-state index contributed by atoms with van der Waals surface area (Å²) < 4.78 is 5.65. The van der Waals surface area contributed by atoms with E-state index in [4.69, 9.17) is 9.84 Å². The number of pyridine rings is 1. The van der Waals surface area contributed by atoms with E-state index in [0.717, 1.165) is 18.2 Å². The van der Waals surface area contributed by atoms with Crippen LogP contribution in [0.5, 0.6) is 5.88 Å². The van der Waals surface area contributed by atoms with Crippen molar-refractivity contribution in [1.82, 2.24) is 9.97 Å². The smallest absolute Gasteiger partial charge is 0.352 e. The van der Waals surface area contributed by atoms with Gasteiger partial charge in [0.25, 0.3) is 0 Å². The Balaban J connectivity index is 1.91. The minimum atomic E-state index is -0.982.